The Bertz CT molecular complexity index is 1380. The monoisotopic (exact) mass is 524 g/mol. The van der Waals surface area contributed by atoms with Crippen molar-refractivity contribution in [1.29, 1.82) is 0 Å². The van der Waals surface area contributed by atoms with Gasteiger partial charge in [-0.1, -0.05) is 17.7 Å². The molecule has 1 atom stereocenters. The van der Waals surface area contributed by atoms with Gasteiger partial charge in [-0.25, -0.2) is 0 Å². The molecule has 3 aliphatic rings. The number of aryl methyl sites for hydroxylation is 1. The van der Waals surface area contributed by atoms with Crippen LogP contribution >= 0.6 is 0 Å². The van der Waals surface area contributed by atoms with Crippen LogP contribution in [0.5, 0.6) is 0 Å². The molecule has 0 N–H and O–H groups in total. The van der Waals surface area contributed by atoms with Crippen LogP contribution in [0.25, 0.3) is 0 Å². The van der Waals surface area contributed by atoms with E-state index in [-0.39, 0.29) is 59.4 Å². The molecule has 2 fully saturated rings. The minimum atomic E-state index is -3.81. The summed E-state index contributed by atoms with van der Waals surface area (Å²) in [6.07, 6.45) is 1.54. The number of rotatable bonds is 6. The quantitative estimate of drug-likeness (QED) is 0.322. The molecule has 0 aromatic heterocycles. The molecule has 1 aliphatic carbocycles. The number of carbonyl (C=O) groups is 4. The van der Waals surface area contributed by atoms with E-state index in [1.54, 1.807) is 30.3 Å². The fraction of sp³-hybridized carbons (Fsp3) is 0.407. The first kappa shape index (κ1) is 25.3. The Balaban J connectivity index is 1.21. The van der Waals surface area contributed by atoms with Gasteiger partial charge in [-0.2, -0.15) is 8.42 Å². The number of benzene rings is 2. The van der Waals surface area contributed by atoms with Crippen molar-refractivity contribution < 1.29 is 31.8 Å². The molecule has 5 rings (SSSR count). The molecule has 2 aliphatic heterocycles. The van der Waals surface area contributed by atoms with Gasteiger partial charge >= 0.3 is 0 Å². The molecule has 1 saturated heterocycles. The zero-order valence-corrected chi connectivity index (χ0v) is 21.3. The average Bonchev–Trinajstić information content (AvgIpc) is 3.13. The zero-order chi connectivity index (χ0) is 26.3. The molecule has 9 nitrogen and oxygen atoms in total. The highest BCUT2D eigenvalue weighted by molar-refractivity contribution is 7.86. The first-order valence-electron chi connectivity index (χ1n) is 12.4. The highest BCUT2D eigenvalue weighted by atomic mass is 32.2. The molecule has 37 heavy (non-hydrogen) atoms. The Morgan fingerprint density at radius 2 is 1.57 bits per heavy atom. The van der Waals surface area contributed by atoms with Crippen molar-refractivity contribution in [3.63, 3.8) is 0 Å². The van der Waals surface area contributed by atoms with Crippen LogP contribution in [0, 0.1) is 12.8 Å². The number of fused-ring (bicyclic) bond motifs is 1. The molecular formula is C27H28N2O7S. The van der Waals surface area contributed by atoms with E-state index in [0.29, 0.717) is 25.9 Å². The van der Waals surface area contributed by atoms with Crippen molar-refractivity contribution >= 4 is 39.2 Å². The normalized spacial score (nSPS) is 21.1. The number of Topliss-reactive ketones (excluding diaryl/α,β-unsaturated/α-hetero) is 2. The Labute approximate surface area is 215 Å². The maximum atomic E-state index is 13.1. The number of carbonyl (C=O) groups excluding carboxylic acids is 4. The highest BCUT2D eigenvalue weighted by Gasteiger charge is 2.44. The number of hydrogen-bond acceptors (Lipinski definition) is 8. The maximum Gasteiger partial charge on any atom is 0.296 e. The van der Waals surface area contributed by atoms with Crippen LogP contribution in [0.2, 0.25) is 0 Å². The number of amides is 2. The summed E-state index contributed by atoms with van der Waals surface area (Å²) >= 11 is 0. The van der Waals surface area contributed by atoms with Gasteiger partial charge in [0.2, 0.25) is 0 Å². The number of hydrogen-bond donors (Lipinski definition) is 0. The fourth-order valence-corrected chi connectivity index (χ4v) is 6.15. The van der Waals surface area contributed by atoms with E-state index in [2.05, 4.69) is 4.90 Å². The fourth-order valence-electron chi connectivity index (χ4n) is 5.18. The van der Waals surface area contributed by atoms with Gasteiger partial charge in [-0.3, -0.25) is 28.3 Å². The van der Waals surface area contributed by atoms with Gasteiger partial charge in [-0.15, -0.1) is 0 Å². The third-order valence-corrected chi connectivity index (χ3v) is 8.70. The first-order valence-corrected chi connectivity index (χ1v) is 13.8. The van der Waals surface area contributed by atoms with Crippen molar-refractivity contribution in [3.05, 3.63) is 59.2 Å². The van der Waals surface area contributed by atoms with Crippen molar-refractivity contribution in [2.45, 2.75) is 50.0 Å². The van der Waals surface area contributed by atoms with Gasteiger partial charge in [0.1, 0.15) is 5.78 Å². The molecule has 2 heterocycles. The topological polar surface area (TPSA) is 118 Å². The van der Waals surface area contributed by atoms with Gasteiger partial charge in [-0.05, 0) is 62.4 Å². The van der Waals surface area contributed by atoms with Gasteiger partial charge < -0.3 is 4.90 Å². The Morgan fingerprint density at radius 1 is 0.892 bits per heavy atom. The molecule has 0 spiro atoms. The maximum absolute atomic E-state index is 13.1. The molecule has 2 amide bonds. The minimum Gasteiger partial charge on any atom is -0.371 e. The Morgan fingerprint density at radius 3 is 2.24 bits per heavy atom. The summed E-state index contributed by atoms with van der Waals surface area (Å²) < 4.78 is 30.3. The van der Waals surface area contributed by atoms with E-state index >= 15 is 0 Å². The Hall–Kier alpha value is -3.37. The van der Waals surface area contributed by atoms with Gasteiger partial charge in [0.05, 0.1) is 35.1 Å². The first-order chi connectivity index (χ1) is 17.6. The predicted octanol–water partition coefficient (Wildman–Crippen LogP) is 2.90. The van der Waals surface area contributed by atoms with E-state index in [4.69, 9.17) is 4.18 Å². The lowest BCUT2D eigenvalue weighted by molar-refractivity contribution is -0.132. The lowest BCUT2D eigenvalue weighted by Crippen LogP contribution is -2.47. The largest absolute Gasteiger partial charge is 0.371 e. The summed E-state index contributed by atoms with van der Waals surface area (Å²) in [4.78, 5) is 53.2. The van der Waals surface area contributed by atoms with E-state index in [9.17, 15) is 27.6 Å². The van der Waals surface area contributed by atoms with Gasteiger partial charge in [0.15, 0.2) is 5.78 Å². The lowest BCUT2D eigenvalue weighted by Gasteiger charge is -2.33. The van der Waals surface area contributed by atoms with E-state index in [0.717, 1.165) is 16.2 Å². The third kappa shape index (κ3) is 4.95. The van der Waals surface area contributed by atoms with Crippen LogP contribution < -0.4 is 4.90 Å². The molecule has 1 unspecified atom stereocenters. The molecular weight excluding hydrogens is 496 g/mol. The van der Waals surface area contributed by atoms with E-state index < -0.39 is 28.0 Å². The van der Waals surface area contributed by atoms with Crippen LogP contribution in [0.15, 0.2) is 47.4 Å². The van der Waals surface area contributed by atoms with Crippen molar-refractivity contribution in [2.75, 3.05) is 24.6 Å². The zero-order valence-electron chi connectivity index (χ0n) is 20.5. The van der Waals surface area contributed by atoms with Crippen molar-refractivity contribution in [3.8, 4) is 0 Å². The predicted molar refractivity (Wildman–Crippen MR) is 134 cm³/mol. The third-order valence-electron chi connectivity index (χ3n) is 7.40. The van der Waals surface area contributed by atoms with Crippen LogP contribution in [0.1, 0.15) is 58.4 Å². The highest BCUT2D eigenvalue weighted by Crippen LogP contribution is 2.33. The summed E-state index contributed by atoms with van der Waals surface area (Å²) in [5.41, 5.74) is 2.29. The SMILES string of the molecule is Cc1ccc(S(=O)(=O)OCC2CCN(c3ccc4c(c3)C(=O)N(C3CCC(=O)CC3=O)C4=O)CC2)cc1. The Kier molecular flexibility index (Phi) is 6.72. The minimum absolute atomic E-state index is 0.0737. The van der Waals surface area contributed by atoms with E-state index in [1.165, 1.54) is 12.1 Å². The van der Waals surface area contributed by atoms with Crippen LogP contribution in [-0.2, 0) is 23.9 Å². The molecule has 10 heteroatoms. The molecule has 0 radical (unpaired) electrons. The van der Waals surface area contributed by atoms with E-state index in [1.807, 2.05) is 6.92 Å². The van der Waals surface area contributed by atoms with Crippen LogP contribution in [-0.4, -0.2) is 62.4 Å². The molecule has 2 aromatic rings. The second-order valence-corrected chi connectivity index (χ2v) is 11.5. The van der Waals surface area contributed by atoms with Crippen molar-refractivity contribution in [1.82, 2.24) is 4.90 Å². The molecule has 1 saturated carbocycles. The van der Waals surface area contributed by atoms with Gasteiger partial charge in [0.25, 0.3) is 21.9 Å². The van der Waals surface area contributed by atoms with Gasteiger partial charge in [0, 0.05) is 25.2 Å². The number of nitrogens with zero attached hydrogens (tertiary/aromatic N) is 2. The second kappa shape index (κ2) is 9.83. The summed E-state index contributed by atoms with van der Waals surface area (Å²) in [6, 6.07) is 10.8. The summed E-state index contributed by atoms with van der Waals surface area (Å²) in [5.74, 6) is -1.48. The average molecular weight is 525 g/mol. The molecule has 2 aromatic carbocycles. The smallest absolute Gasteiger partial charge is 0.296 e. The summed E-state index contributed by atoms with van der Waals surface area (Å²) in [5, 5.41) is 0. The van der Waals surface area contributed by atoms with Crippen LogP contribution in [0.3, 0.4) is 0 Å². The second-order valence-electron chi connectivity index (χ2n) is 9.93. The number of anilines is 1. The van der Waals surface area contributed by atoms with Crippen molar-refractivity contribution in [2.24, 2.45) is 5.92 Å². The standard InChI is InChI=1S/C27H28N2O7S/c1-17-2-6-21(7-3-17)37(34,35)36-16-18-10-12-28(13-11-18)19-4-8-22-23(14-19)27(33)29(26(22)32)24-9-5-20(30)15-25(24)31/h2-4,6-8,14,18,24H,5,9-13,15-16H2,1H3. The summed E-state index contributed by atoms with van der Waals surface area (Å²) in [6.45, 7) is 3.28. The van der Waals surface area contributed by atoms with Crippen LogP contribution in [0.4, 0.5) is 5.69 Å². The molecule has 194 valence electrons. The number of ketones is 2. The molecule has 0 bridgehead atoms. The number of imide groups is 1. The lowest BCUT2D eigenvalue weighted by atomic mass is 9.92. The number of piperidine rings is 1. The summed E-state index contributed by atoms with van der Waals surface area (Å²) in [7, 11) is -3.81.